The molecule has 1 aliphatic rings. The Morgan fingerprint density at radius 3 is 2.42 bits per heavy atom. The number of nitrogens with one attached hydrogen (secondary N) is 2. The molecule has 2 atom stereocenters. The van der Waals surface area contributed by atoms with Crippen LogP contribution in [0.15, 0.2) is 59.6 Å². The highest BCUT2D eigenvalue weighted by molar-refractivity contribution is 5.79. The number of morpholine rings is 1. The van der Waals surface area contributed by atoms with Crippen LogP contribution in [0.4, 0.5) is 0 Å². The van der Waals surface area contributed by atoms with Gasteiger partial charge in [0, 0.05) is 26.2 Å². The van der Waals surface area contributed by atoms with Crippen molar-refractivity contribution in [3.8, 4) is 0 Å². The van der Waals surface area contributed by atoms with Crippen LogP contribution in [0.1, 0.15) is 42.2 Å². The predicted octanol–water partition coefficient (Wildman–Crippen LogP) is 3.05. The monoisotopic (exact) mass is 424 g/mol. The molecule has 0 spiro atoms. The highest BCUT2D eigenvalue weighted by Gasteiger charge is 2.22. The molecule has 1 fully saturated rings. The Kier molecular flexibility index (Phi) is 9.34. The lowest BCUT2D eigenvalue weighted by Crippen LogP contribution is -2.42. The molecule has 0 bridgehead atoms. The third kappa shape index (κ3) is 7.35. The van der Waals surface area contributed by atoms with E-state index in [0.717, 1.165) is 44.4 Å². The lowest BCUT2D eigenvalue weighted by Gasteiger charge is -2.34. The van der Waals surface area contributed by atoms with Crippen molar-refractivity contribution in [2.45, 2.75) is 32.4 Å². The van der Waals surface area contributed by atoms with E-state index in [0.29, 0.717) is 19.5 Å². The average molecular weight is 425 g/mol. The Morgan fingerprint density at radius 1 is 1.03 bits per heavy atom. The maximum absolute atomic E-state index is 10.4. The Bertz CT molecular complexity index is 789. The van der Waals surface area contributed by atoms with Crippen molar-refractivity contribution in [3.63, 3.8) is 0 Å². The van der Waals surface area contributed by atoms with Gasteiger partial charge in [0.25, 0.3) is 0 Å². The van der Waals surface area contributed by atoms with Crippen LogP contribution >= 0.6 is 0 Å². The second kappa shape index (κ2) is 12.4. The van der Waals surface area contributed by atoms with Gasteiger partial charge in [-0.1, -0.05) is 60.2 Å². The van der Waals surface area contributed by atoms with Crippen LogP contribution in [0.3, 0.4) is 0 Å². The number of aliphatic imine (C=N–C) groups is 1. The molecule has 1 heterocycles. The van der Waals surface area contributed by atoms with E-state index in [9.17, 15) is 5.11 Å². The van der Waals surface area contributed by atoms with Crippen molar-refractivity contribution in [1.29, 1.82) is 0 Å². The Morgan fingerprint density at radius 2 is 1.74 bits per heavy atom. The van der Waals surface area contributed by atoms with Crippen LogP contribution in [0.2, 0.25) is 0 Å². The number of aliphatic hydroxyl groups excluding tert-OH is 1. The van der Waals surface area contributed by atoms with Crippen molar-refractivity contribution < 1.29 is 9.84 Å². The van der Waals surface area contributed by atoms with Crippen LogP contribution in [0.5, 0.6) is 0 Å². The third-order valence-electron chi connectivity index (χ3n) is 5.61. The molecule has 0 amide bonds. The van der Waals surface area contributed by atoms with E-state index in [1.807, 2.05) is 30.3 Å². The lowest BCUT2D eigenvalue weighted by atomic mass is 10.0. The minimum Gasteiger partial charge on any atom is -0.388 e. The second-order valence-corrected chi connectivity index (χ2v) is 7.94. The third-order valence-corrected chi connectivity index (χ3v) is 5.61. The smallest absolute Gasteiger partial charge is 0.191 e. The molecule has 6 nitrogen and oxygen atoms in total. The van der Waals surface area contributed by atoms with Gasteiger partial charge in [0.15, 0.2) is 5.96 Å². The van der Waals surface area contributed by atoms with E-state index < -0.39 is 6.10 Å². The maximum Gasteiger partial charge on any atom is 0.191 e. The van der Waals surface area contributed by atoms with Gasteiger partial charge < -0.3 is 20.5 Å². The van der Waals surface area contributed by atoms with Gasteiger partial charge in [-0.15, -0.1) is 0 Å². The fourth-order valence-electron chi connectivity index (χ4n) is 3.80. The van der Waals surface area contributed by atoms with Crippen molar-refractivity contribution in [2.75, 3.05) is 45.9 Å². The minimum atomic E-state index is -0.481. The molecule has 168 valence electrons. The fraction of sp³-hybridized carbons (Fsp3) is 0.480. The van der Waals surface area contributed by atoms with Crippen LogP contribution in [0, 0.1) is 6.92 Å². The largest absolute Gasteiger partial charge is 0.388 e. The van der Waals surface area contributed by atoms with E-state index in [1.165, 1.54) is 11.1 Å². The number of nitrogens with zero attached hydrogens (tertiary/aromatic N) is 2. The number of aryl methyl sites for hydroxylation is 1. The van der Waals surface area contributed by atoms with Crippen LogP contribution in [-0.2, 0) is 4.74 Å². The van der Waals surface area contributed by atoms with Crippen molar-refractivity contribution in [1.82, 2.24) is 15.5 Å². The summed E-state index contributed by atoms with van der Waals surface area (Å²) in [6.07, 6.45) is 0.143. The molecule has 2 unspecified atom stereocenters. The van der Waals surface area contributed by atoms with Gasteiger partial charge in [-0.2, -0.15) is 0 Å². The summed E-state index contributed by atoms with van der Waals surface area (Å²) >= 11 is 0. The number of hydrogen-bond donors (Lipinski definition) is 3. The fourth-order valence-corrected chi connectivity index (χ4v) is 3.80. The van der Waals surface area contributed by atoms with E-state index in [1.54, 1.807) is 0 Å². The number of guanidine groups is 1. The summed E-state index contributed by atoms with van der Waals surface area (Å²) in [5.41, 5.74) is 3.49. The zero-order valence-electron chi connectivity index (χ0n) is 18.8. The highest BCUT2D eigenvalue weighted by Crippen LogP contribution is 2.23. The molecular formula is C25H36N4O2. The number of ether oxygens (including phenoxy) is 1. The number of aliphatic hydroxyl groups is 1. The van der Waals surface area contributed by atoms with Gasteiger partial charge in [0.2, 0.25) is 0 Å². The summed E-state index contributed by atoms with van der Waals surface area (Å²) in [6.45, 7) is 9.65. The molecule has 0 aliphatic carbocycles. The van der Waals surface area contributed by atoms with E-state index in [2.05, 4.69) is 53.6 Å². The number of benzene rings is 2. The molecule has 1 saturated heterocycles. The summed E-state index contributed by atoms with van der Waals surface area (Å²) in [6, 6.07) is 18.8. The van der Waals surface area contributed by atoms with Gasteiger partial charge in [-0.25, -0.2) is 0 Å². The van der Waals surface area contributed by atoms with E-state index >= 15 is 0 Å². The molecule has 3 N–H and O–H groups in total. The minimum absolute atomic E-state index is 0.217. The van der Waals surface area contributed by atoms with Crippen LogP contribution < -0.4 is 10.6 Å². The molecule has 2 aromatic carbocycles. The van der Waals surface area contributed by atoms with Gasteiger partial charge in [-0.3, -0.25) is 9.89 Å². The first kappa shape index (κ1) is 23.3. The molecule has 0 radical (unpaired) electrons. The first-order valence-corrected chi connectivity index (χ1v) is 11.3. The normalized spacial score (nSPS) is 17.2. The average Bonchev–Trinajstić information content (AvgIpc) is 2.81. The number of hydrogen-bond acceptors (Lipinski definition) is 4. The molecule has 6 heteroatoms. The first-order chi connectivity index (χ1) is 15.2. The highest BCUT2D eigenvalue weighted by atomic mass is 16.5. The summed E-state index contributed by atoms with van der Waals surface area (Å²) < 4.78 is 5.56. The predicted molar refractivity (Wildman–Crippen MR) is 126 cm³/mol. The Balaban J connectivity index is 1.62. The van der Waals surface area contributed by atoms with Gasteiger partial charge >= 0.3 is 0 Å². The van der Waals surface area contributed by atoms with Gasteiger partial charge in [0.05, 0.1) is 31.9 Å². The molecule has 0 aromatic heterocycles. The summed E-state index contributed by atoms with van der Waals surface area (Å²) in [5, 5.41) is 17.1. The molecule has 0 saturated carbocycles. The van der Waals surface area contributed by atoms with Crippen LogP contribution in [-0.4, -0.2) is 61.9 Å². The molecule has 3 rings (SSSR count). The zero-order valence-corrected chi connectivity index (χ0v) is 18.8. The SMILES string of the molecule is CCNC(=NCC(c1ccc(C)cc1)N1CCOCC1)NCCC(O)c1ccccc1. The quantitative estimate of drug-likeness (QED) is 0.426. The Labute approximate surface area is 186 Å². The van der Waals surface area contributed by atoms with Crippen LogP contribution in [0.25, 0.3) is 0 Å². The van der Waals surface area contributed by atoms with Crippen molar-refractivity contribution in [2.24, 2.45) is 4.99 Å². The maximum atomic E-state index is 10.4. The molecule has 2 aromatic rings. The first-order valence-electron chi connectivity index (χ1n) is 11.3. The lowest BCUT2D eigenvalue weighted by molar-refractivity contribution is 0.0179. The van der Waals surface area contributed by atoms with E-state index in [4.69, 9.17) is 9.73 Å². The molecule has 1 aliphatic heterocycles. The Hall–Kier alpha value is -2.41. The van der Waals surface area contributed by atoms with Gasteiger partial charge in [0.1, 0.15) is 0 Å². The topological polar surface area (TPSA) is 69.1 Å². The number of rotatable bonds is 9. The summed E-state index contributed by atoms with van der Waals surface area (Å²) in [7, 11) is 0. The summed E-state index contributed by atoms with van der Waals surface area (Å²) in [4.78, 5) is 7.35. The standard InChI is InChI=1S/C25H36N4O2/c1-3-26-25(27-14-13-24(30)22-7-5-4-6-8-22)28-19-23(29-15-17-31-18-16-29)21-11-9-20(2)10-12-21/h4-12,23-24,30H,3,13-19H2,1-2H3,(H2,26,27,28). The van der Waals surface area contributed by atoms with Gasteiger partial charge in [-0.05, 0) is 31.4 Å². The molecular weight excluding hydrogens is 388 g/mol. The van der Waals surface area contributed by atoms with Crippen molar-refractivity contribution >= 4 is 5.96 Å². The second-order valence-electron chi connectivity index (χ2n) is 7.94. The zero-order chi connectivity index (χ0) is 21.9. The molecule has 31 heavy (non-hydrogen) atoms. The van der Waals surface area contributed by atoms with E-state index in [-0.39, 0.29) is 6.04 Å². The van der Waals surface area contributed by atoms with Crippen molar-refractivity contribution in [3.05, 3.63) is 71.3 Å². The summed E-state index contributed by atoms with van der Waals surface area (Å²) in [5.74, 6) is 0.785.